The van der Waals surface area contributed by atoms with Gasteiger partial charge in [0.1, 0.15) is 6.33 Å². The highest BCUT2D eigenvalue weighted by molar-refractivity contribution is 5.58. The van der Waals surface area contributed by atoms with Crippen LogP contribution in [0.5, 0.6) is 0 Å². The molecule has 0 fully saturated rings. The molecule has 8 heteroatoms. The minimum Gasteiger partial charge on any atom is -0.357 e. The third kappa shape index (κ3) is 2.42. The van der Waals surface area contributed by atoms with Gasteiger partial charge in [0.15, 0.2) is 17.5 Å². The van der Waals surface area contributed by atoms with Gasteiger partial charge in [-0.15, -0.1) is 0 Å². The third-order valence-corrected chi connectivity index (χ3v) is 2.78. The average molecular weight is 288 g/mol. The van der Waals surface area contributed by atoms with E-state index in [-0.39, 0.29) is 23.3 Å². The Kier molecular flexibility index (Phi) is 3.27. The first-order valence-corrected chi connectivity index (χ1v) is 6.05. The molecular weight excluding hydrogens is 278 g/mol. The zero-order valence-corrected chi connectivity index (χ0v) is 11.0. The summed E-state index contributed by atoms with van der Waals surface area (Å²) in [6.07, 6.45) is 4.70. The minimum absolute atomic E-state index is 0.0322. The second kappa shape index (κ2) is 5.23. The molecule has 2 aromatic heterocycles. The van der Waals surface area contributed by atoms with Gasteiger partial charge in [-0.25, -0.2) is 13.8 Å². The number of nitrogens with one attached hydrogen (secondary N) is 1. The molecule has 1 N–H and O–H groups in total. The van der Waals surface area contributed by atoms with Gasteiger partial charge < -0.3 is 5.32 Å². The lowest BCUT2D eigenvalue weighted by Gasteiger charge is -2.08. The summed E-state index contributed by atoms with van der Waals surface area (Å²) in [6.45, 7) is 0. The van der Waals surface area contributed by atoms with Crippen LogP contribution in [0, 0.1) is 11.6 Å². The summed E-state index contributed by atoms with van der Waals surface area (Å²) in [5, 5.41) is 2.76. The fraction of sp³-hybridized carbons (Fsp3) is 0.0769. The van der Waals surface area contributed by atoms with E-state index in [4.69, 9.17) is 0 Å². The first-order chi connectivity index (χ1) is 10.2. The standard InChI is InChI=1S/C13H10F2N6/c1-16-12-18-11(8-3-2-4-9(14)10(8)15)19-13(20-12)21-6-5-17-7-21/h2-7H,1H3,(H,16,18,19,20). The molecule has 3 rings (SSSR count). The molecule has 0 saturated carbocycles. The zero-order chi connectivity index (χ0) is 14.8. The van der Waals surface area contributed by atoms with Crippen molar-refractivity contribution in [3.8, 4) is 17.3 Å². The Morgan fingerprint density at radius 2 is 2.00 bits per heavy atom. The molecule has 0 radical (unpaired) electrons. The van der Waals surface area contributed by atoms with Crippen LogP contribution >= 0.6 is 0 Å². The van der Waals surface area contributed by atoms with Gasteiger partial charge in [-0.2, -0.15) is 15.0 Å². The summed E-state index contributed by atoms with van der Waals surface area (Å²) in [5.41, 5.74) is -0.0322. The Morgan fingerprint density at radius 3 is 2.71 bits per heavy atom. The lowest BCUT2D eigenvalue weighted by molar-refractivity contribution is 0.510. The molecule has 106 valence electrons. The van der Waals surface area contributed by atoms with Crippen LogP contribution in [0.15, 0.2) is 36.9 Å². The molecule has 3 aromatic rings. The molecule has 0 saturated heterocycles. The number of halogens is 2. The van der Waals surface area contributed by atoms with E-state index in [0.29, 0.717) is 0 Å². The quantitative estimate of drug-likeness (QED) is 0.798. The van der Waals surface area contributed by atoms with Crippen molar-refractivity contribution in [1.82, 2.24) is 24.5 Å². The van der Waals surface area contributed by atoms with Gasteiger partial charge in [0.05, 0.1) is 5.56 Å². The maximum Gasteiger partial charge on any atom is 0.240 e. The molecule has 0 bridgehead atoms. The lowest BCUT2D eigenvalue weighted by atomic mass is 10.2. The predicted octanol–water partition coefficient (Wildman–Crippen LogP) is 2.04. The lowest BCUT2D eigenvalue weighted by Crippen LogP contribution is -2.07. The van der Waals surface area contributed by atoms with Crippen molar-refractivity contribution < 1.29 is 8.78 Å². The van der Waals surface area contributed by atoms with Gasteiger partial charge in [0.25, 0.3) is 0 Å². The van der Waals surface area contributed by atoms with Crippen LogP contribution in [-0.4, -0.2) is 31.6 Å². The van der Waals surface area contributed by atoms with Crippen molar-refractivity contribution in [2.24, 2.45) is 0 Å². The maximum atomic E-state index is 13.9. The number of anilines is 1. The van der Waals surface area contributed by atoms with Gasteiger partial charge in [-0.3, -0.25) is 4.57 Å². The largest absolute Gasteiger partial charge is 0.357 e. The predicted molar refractivity (Wildman–Crippen MR) is 71.8 cm³/mol. The molecule has 0 aliphatic rings. The smallest absolute Gasteiger partial charge is 0.240 e. The number of rotatable bonds is 3. The van der Waals surface area contributed by atoms with Crippen molar-refractivity contribution in [2.45, 2.75) is 0 Å². The van der Waals surface area contributed by atoms with Gasteiger partial charge in [-0.05, 0) is 12.1 Å². The second-order valence-corrected chi connectivity index (χ2v) is 4.10. The zero-order valence-electron chi connectivity index (χ0n) is 11.0. The molecule has 21 heavy (non-hydrogen) atoms. The number of benzene rings is 1. The summed E-state index contributed by atoms with van der Waals surface area (Å²) in [5.74, 6) is -1.42. The molecule has 0 amide bonds. The van der Waals surface area contributed by atoms with Crippen LogP contribution in [0.2, 0.25) is 0 Å². The van der Waals surface area contributed by atoms with E-state index in [2.05, 4.69) is 25.3 Å². The van der Waals surface area contributed by atoms with E-state index >= 15 is 0 Å². The Morgan fingerprint density at radius 1 is 1.14 bits per heavy atom. The van der Waals surface area contributed by atoms with Crippen molar-refractivity contribution >= 4 is 5.95 Å². The monoisotopic (exact) mass is 288 g/mol. The SMILES string of the molecule is CNc1nc(-c2cccc(F)c2F)nc(-n2ccnc2)n1. The highest BCUT2D eigenvalue weighted by atomic mass is 19.2. The van der Waals surface area contributed by atoms with Gasteiger partial charge in [0, 0.05) is 19.4 Å². The number of nitrogens with zero attached hydrogens (tertiary/aromatic N) is 5. The van der Waals surface area contributed by atoms with E-state index in [1.54, 1.807) is 24.0 Å². The van der Waals surface area contributed by atoms with E-state index in [0.717, 1.165) is 6.07 Å². The number of hydrogen-bond acceptors (Lipinski definition) is 5. The number of hydrogen-bond donors (Lipinski definition) is 1. The van der Waals surface area contributed by atoms with E-state index < -0.39 is 11.6 Å². The first kappa shape index (κ1) is 13.1. The normalized spacial score (nSPS) is 10.6. The summed E-state index contributed by atoms with van der Waals surface area (Å²) in [6, 6.07) is 3.84. The molecule has 1 aromatic carbocycles. The van der Waals surface area contributed by atoms with Crippen LogP contribution in [0.4, 0.5) is 14.7 Å². The van der Waals surface area contributed by atoms with Crippen LogP contribution in [0.1, 0.15) is 0 Å². The Balaban J connectivity index is 2.18. The van der Waals surface area contributed by atoms with Gasteiger partial charge in [0.2, 0.25) is 11.9 Å². The van der Waals surface area contributed by atoms with Crippen LogP contribution in [-0.2, 0) is 0 Å². The summed E-state index contributed by atoms with van der Waals surface area (Å²) >= 11 is 0. The highest BCUT2D eigenvalue weighted by Crippen LogP contribution is 2.22. The van der Waals surface area contributed by atoms with Crippen molar-refractivity contribution in [3.63, 3.8) is 0 Å². The fourth-order valence-electron chi connectivity index (χ4n) is 1.77. The summed E-state index contributed by atoms with van der Waals surface area (Å²) < 4.78 is 28.8. The van der Waals surface area contributed by atoms with E-state index in [1.807, 2.05) is 0 Å². The Hall–Kier alpha value is -2.90. The molecule has 0 aliphatic carbocycles. The minimum atomic E-state index is -0.998. The molecule has 0 spiro atoms. The average Bonchev–Trinajstić information content (AvgIpc) is 3.04. The molecule has 6 nitrogen and oxygen atoms in total. The van der Waals surface area contributed by atoms with Crippen molar-refractivity contribution in [2.75, 3.05) is 12.4 Å². The van der Waals surface area contributed by atoms with Gasteiger partial charge in [-0.1, -0.05) is 6.07 Å². The highest BCUT2D eigenvalue weighted by Gasteiger charge is 2.15. The molecule has 0 atom stereocenters. The van der Waals surface area contributed by atoms with Crippen LogP contribution in [0.3, 0.4) is 0 Å². The Labute approximate surface area is 118 Å². The number of imidazole rings is 1. The molecule has 0 unspecified atom stereocenters. The van der Waals surface area contributed by atoms with Crippen molar-refractivity contribution in [1.29, 1.82) is 0 Å². The molecule has 0 aliphatic heterocycles. The first-order valence-electron chi connectivity index (χ1n) is 6.05. The summed E-state index contributed by atoms with van der Waals surface area (Å²) in [7, 11) is 1.62. The number of aromatic nitrogens is 5. The molecular formula is C13H10F2N6. The van der Waals surface area contributed by atoms with Crippen LogP contribution < -0.4 is 5.32 Å². The fourth-order valence-corrected chi connectivity index (χ4v) is 1.77. The topological polar surface area (TPSA) is 68.5 Å². The third-order valence-electron chi connectivity index (χ3n) is 2.78. The van der Waals surface area contributed by atoms with E-state index in [1.165, 1.54) is 18.5 Å². The maximum absolute atomic E-state index is 13.9. The molecule has 2 heterocycles. The Bertz CT molecular complexity index is 772. The van der Waals surface area contributed by atoms with Gasteiger partial charge >= 0.3 is 0 Å². The van der Waals surface area contributed by atoms with Crippen LogP contribution in [0.25, 0.3) is 17.3 Å². The second-order valence-electron chi connectivity index (χ2n) is 4.10. The van der Waals surface area contributed by atoms with Crippen molar-refractivity contribution in [3.05, 3.63) is 48.6 Å². The van der Waals surface area contributed by atoms with E-state index in [9.17, 15) is 8.78 Å². The summed E-state index contributed by atoms with van der Waals surface area (Å²) in [4.78, 5) is 16.3.